The lowest BCUT2D eigenvalue weighted by atomic mass is 10.1. The minimum atomic E-state index is -1.19. The number of nitriles is 1. The predicted molar refractivity (Wildman–Crippen MR) is 76.6 cm³/mol. The number of aromatic nitrogens is 3. The van der Waals surface area contributed by atoms with Crippen molar-refractivity contribution in [2.75, 3.05) is 12.3 Å². The second kappa shape index (κ2) is 5.71. The van der Waals surface area contributed by atoms with Gasteiger partial charge in [0, 0.05) is 11.1 Å². The summed E-state index contributed by atoms with van der Waals surface area (Å²) in [5, 5.41) is 32.5. The maximum Gasteiger partial charge on any atom is 0.148 e. The van der Waals surface area contributed by atoms with Crippen molar-refractivity contribution < 1.29 is 14.9 Å². The molecule has 0 aromatic carbocycles. The summed E-state index contributed by atoms with van der Waals surface area (Å²) >= 11 is 0. The fraction of sp³-hybridized carbons (Fsp3) is 0.417. The maximum absolute atomic E-state index is 10.1. The van der Waals surface area contributed by atoms with Gasteiger partial charge in [-0.1, -0.05) is 5.11 Å². The van der Waals surface area contributed by atoms with Crippen molar-refractivity contribution >= 4 is 16.9 Å². The zero-order chi connectivity index (χ0) is 16.6. The van der Waals surface area contributed by atoms with Crippen LogP contribution in [0.25, 0.3) is 21.5 Å². The summed E-state index contributed by atoms with van der Waals surface area (Å²) < 4.78 is 7.02. The van der Waals surface area contributed by atoms with Gasteiger partial charge in [-0.25, -0.2) is 9.97 Å². The summed E-state index contributed by atoms with van der Waals surface area (Å²) in [4.78, 5) is 10.6. The smallest absolute Gasteiger partial charge is 0.148 e. The number of azide groups is 1. The van der Waals surface area contributed by atoms with E-state index in [2.05, 4.69) is 20.0 Å². The van der Waals surface area contributed by atoms with E-state index in [0.29, 0.717) is 11.0 Å². The minimum absolute atomic E-state index is 0.128. The average molecular weight is 316 g/mol. The molecule has 23 heavy (non-hydrogen) atoms. The third-order valence-electron chi connectivity index (χ3n) is 3.74. The maximum atomic E-state index is 10.1. The number of fused-ring (bicyclic) bond motifs is 1. The highest BCUT2D eigenvalue weighted by atomic mass is 16.5. The number of ether oxygens (including phenoxy) is 1. The first kappa shape index (κ1) is 15.0. The Morgan fingerprint density at radius 3 is 3.00 bits per heavy atom. The summed E-state index contributed by atoms with van der Waals surface area (Å²) in [6, 6.07) is 0.996. The Kier molecular flexibility index (Phi) is 3.73. The standard InChI is InChI=1S/C12H12N8O3/c13-1-5-2-20(11-7(5)10(14)16-4-17-11)12-8(18-19-15)9(22)6(3-21)23-12/h2,4,6,8-9,12,21-22H,3H2,(H2,14,16,17)/t6-,8?,9-,12-/m1/s1. The van der Waals surface area contributed by atoms with E-state index in [4.69, 9.17) is 16.0 Å². The molecule has 4 N–H and O–H groups in total. The van der Waals surface area contributed by atoms with Crippen molar-refractivity contribution in [2.45, 2.75) is 24.5 Å². The number of nitrogen functional groups attached to an aromatic ring is 1. The van der Waals surface area contributed by atoms with Crippen molar-refractivity contribution in [1.29, 1.82) is 5.26 Å². The number of hydrogen-bond donors (Lipinski definition) is 3. The van der Waals surface area contributed by atoms with E-state index in [9.17, 15) is 15.5 Å². The lowest BCUT2D eigenvalue weighted by Crippen LogP contribution is -2.31. The topological polar surface area (TPSA) is 179 Å². The Morgan fingerprint density at radius 2 is 2.35 bits per heavy atom. The fourth-order valence-corrected chi connectivity index (χ4v) is 2.68. The molecule has 1 saturated heterocycles. The van der Waals surface area contributed by atoms with Crippen LogP contribution in [0.5, 0.6) is 0 Å². The molecular formula is C12H12N8O3. The number of nitrogens with two attached hydrogens (primary N) is 1. The number of anilines is 1. The van der Waals surface area contributed by atoms with E-state index >= 15 is 0 Å². The summed E-state index contributed by atoms with van der Waals surface area (Å²) in [6.45, 7) is -0.448. The lowest BCUT2D eigenvalue weighted by molar-refractivity contribution is -0.0435. The molecule has 4 atom stereocenters. The number of aliphatic hydroxyl groups is 2. The first-order chi connectivity index (χ1) is 11.1. The Balaban J connectivity index is 2.18. The molecular weight excluding hydrogens is 304 g/mol. The van der Waals surface area contributed by atoms with E-state index in [1.54, 1.807) is 0 Å². The van der Waals surface area contributed by atoms with Gasteiger partial charge >= 0.3 is 0 Å². The van der Waals surface area contributed by atoms with Gasteiger partial charge in [0.25, 0.3) is 0 Å². The van der Waals surface area contributed by atoms with Gasteiger partial charge in [-0.3, -0.25) is 0 Å². The molecule has 3 heterocycles. The fourth-order valence-electron chi connectivity index (χ4n) is 2.68. The molecule has 2 aromatic rings. The monoisotopic (exact) mass is 316 g/mol. The second-order valence-corrected chi connectivity index (χ2v) is 4.95. The van der Waals surface area contributed by atoms with Crippen LogP contribution in [0, 0.1) is 11.3 Å². The Bertz CT molecular complexity index is 837. The van der Waals surface area contributed by atoms with Gasteiger partial charge in [-0.05, 0) is 5.53 Å². The van der Waals surface area contributed by atoms with Crippen molar-refractivity contribution in [3.05, 3.63) is 28.5 Å². The van der Waals surface area contributed by atoms with Crippen LogP contribution in [0.3, 0.4) is 0 Å². The number of hydrogen-bond acceptors (Lipinski definition) is 8. The molecule has 0 saturated carbocycles. The third-order valence-corrected chi connectivity index (χ3v) is 3.74. The van der Waals surface area contributed by atoms with Crippen LogP contribution in [0.2, 0.25) is 0 Å². The van der Waals surface area contributed by atoms with E-state index < -0.39 is 31.1 Å². The zero-order valence-electron chi connectivity index (χ0n) is 11.7. The number of nitrogens with zero attached hydrogens (tertiary/aromatic N) is 7. The largest absolute Gasteiger partial charge is 0.394 e. The van der Waals surface area contributed by atoms with E-state index in [0.717, 1.165) is 0 Å². The van der Waals surface area contributed by atoms with Crippen molar-refractivity contribution in [2.24, 2.45) is 5.11 Å². The molecule has 0 aliphatic carbocycles. The predicted octanol–water partition coefficient (Wildman–Crippen LogP) is -0.185. The third kappa shape index (κ3) is 2.23. The van der Waals surface area contributed by atoms with Crippen LogP contribution in [-0.4, -0.2) is 49.6 Å². The first-order valence-electron chi connectivity index (χ1n) is 6.62. The lowest BCUT2D eigenvalue weighted by Gasteiger charge is -2.17. The zero-order valence-corrected chi connectivity index (χ0v) is 11.7. The normalized spacial score (nSPS) is 26.8. The summed E-state index contributed by atoms with van der Waals surface area (Å²) in [5.41, 5.74) is 15.0. The quantitative estimate of drug-likeness (QED) is 0.398. The van der Waals surface area contributed by atoms with Crippen molar-refractivity contribution in [3.63, 3.8) is 0 Å². The molecule has 1 fully saturated rings. The summed E-state index contributed by atoms with van der Waals surface area (Å²) in [5.74, 6) is 0.128. The number of aliphatic hydroxyl groups excluding tert-OH is 2. The molecule has 1 aliphatic heterocycles. The highest BCUT2D eigenvalue weighted by Crippen LogP contribution is 2.35. The van der Waals surface area contributed by atoms with Gasteiger partial charge in [0.1, 0.15) is 42.2 Å². The van der Waals surface area contributed by atoms with E-state index in [1.165, 1.54) is 17.1 Å². The number of rotatable bonds is 3. The highest BCUT2D eigenvalue weighted by Gasteiger charge is 2.44. The van der Waals surface area contributed by atoms with Gasteiger partial charge < -0.3 is 25.3 Å². The van der Waals surface area contributed by atoms with Crippen LogP contribution < -0.4 is 5.73 Å². The SMILES string of the molecule is N#Cc1cn([C@@H]2O[C@H](CO)[C@@H](O)C2N=[N+]=[N-])c2ncnc(N)c12. The molecule has 0 amide bonds. The van der Waals surface area contributed by atoms with Gasteiger partial charge in [0.15, 0.2) is 0 Å². The van der Waals surface area contributed by atoms with E-state index in [1.807, 2.05) is 6.07 Å². The molecule has 118 valence electrons. The van der Waals surface area contributed by atoms with Gasteiger partial charge in [0.05, 0.1) is 23.7 Å². The van der Waals surface area contributed by atoms with Gasteiger partial charge in [-0.2, -0.15) is 5.26 Å². The molecule has 0 bridgehead atoms. The highest BCUT2D eigenvalue weighted by molar-refractivity contribution is 5.91. The molecule has 1 unspecified atom stereocenters. The Hall–Kier alpha value is -2.90. The Morgan fingerprint density at radius 1 is 1.57 bits per heavy atom. The molecule has 0 radical (unpaired) electrons. The summed E-state index contributed by atoms with van der Waals surface area (Å²) in [6.07, 6.45) is -0.378. The molecule has 11 heteroatoms. The van der Waals surface area contributed by atoms with Crippen LogP contribution >= 0.6 is 0 Å². The molecule has 0 spiro atoms. The molecule has 2 aromatic heterocycles. The van der Waals surface area contributed by atoms with Crippen LogP contribution in [0.15, 0.2) is 17.6 Å². The van der Waals surface area contributed by atoms with E-state index in [-0.39, 0.29) is 11.4 Å². The molecule has 11 nitrogen and oxygen atoms in total. The van der Waals surface area contributed by atoms with Crippen molar-refractivity contribution in [1.82, 2.24) is 14.5 Å². The van der Waals surface area contributed by atoms with Gasteiger partial charge in [-0.15, -0.1) is 0 Å². The van der Waals surface area contributed by atoms with Crippen LogP contribution in [-0.2, 0) is 4.74 Å². The van der Waals surface area contributed by atoms with Crippen molar-refractivity contribution in [3.8, 4) is 6.07 Å². The van der Waals surface area contributed by atoms with Gasteiger partial charge in [0.2, 0.25) is 0 Å². The van der Waals surface area contributed by atoms with Crippen LogP contribution in [0.1, 0.15) is 11.8 Å². The average Bonchev–Trinajstić information content (AvgIpc) is 3.07. The first-order valence-corrected chi connectivity index (χ1v) is 6.62. The second-order valence-electron chi connectivity index (χ2n) is 4.95. The molecule has 3 rings (SSSR count). The van der Waals surface area contributed by atoms with Crippen LogP contribution in [0.4, 0.5) is 5.82 Å². The summed E-state index contributed by atoms with van der Waals surface area (Å²) in [7, 11) is 0. The Labute approximate surface area is 129 Å². The molecule has 1 aliphatic rings. The minimum Gasteiger partial charge on any atom is -0.394 e.